The molecule has 0 spiro atoms. The smallest absolute Gasteiger partial charge is 0.417 e. The minimum absolute atomic E-state index is 0.322. The number of anilines is 1. The molecule has 0 amide bonds. The highest BCUT2D eigenvalue weighted by molar-refractivity contribution is 5.91. The Morgan fingerprint density at radius 1 is 1.42 bits per heavy atom. The van der Waals surface area contributed by atoms with E-state index in [0.29, 0.717) is 25.1 Å². The summed E-state index contributed by atoms with van der Waals surface area (Å²) >= 11 is 0. The highest BCUT2D eigenvalue weighted by Gasteiger charge is 2.35. The van der Waals surface area contributed by atoms with E-state index in [9.17, 15) is 18.0 Å². The van der Waals surface area contributed by atoms with Gasteiger partial charge in [0.1, 0.15) is 0 Å². The predicted octanol–water partition coefficient (Wildman–Crippen LogP) is 3.23. The first-order chi connectivity index (χ1) is 8.86. The minimum Gasteiger partial charge on any atom is -0.478 e. The lowest BCUT2D eigenvalue weighted by molar-refractivity contribution is -0.138. The molecule has 0 saturated heterocycles. The average molecular weight is 271 g/mol. The maximum Gasteiger partial charge on any atom is 0.417 e. The monoisotopic (exact) mass is 271 g/mol. The van der Waals surface area contributed by atoms with Gasteiger partial charge in [-0.2, -0.15) is 13.2 Å². The zero-order valence-electron chi connectivity index (χ0n) is 9.92. The van der Waals surface area contributed by atoms with Gasteiger partial charge in [-0.25, -0.2) is 4.79 Å². The second-order valence-corrected chi connectivity index (χ2v) is 3.80. The van der Waals surface area contributed by atoms with Crippen molar-refractivity contribution in [3.8, 4) is 12.3 Å². The molecule has 19 heavy (non-hydrogen) atoms. The molecule has 1 aromatic carbocycles. The van der Waals surface area contributed by atoms with Gasteiger partial charge in [-0.15, -0.1) is 12.3 Å². The van der Waals surface area contributed by atoms with E-state index < -0.39 is 23.3 Å². The quantitative estimate of drug-likeness (QED) is 0.638. The third-order valence-electron chi connectivity index (χ3n) is 2.38. The number of rotatable bonds is 5. The number of hydrogen-bond donors (Lipinski definition) is 2. The van der Waals surface area contributed by atoms with Crippen molar-refractivity contribution in [1.29, 1.82) is 0 Å². The third kappa shape index (κ3) is 4.21. The fourth-order valence-corrected chi connectivity index (χ4v) is 1.50. The number of terminal acetylenes is 1. The maximum atomic E-state index is 12.6. The van der Waals surface area contributed by atoms with E-state index in [1.807, 2.05) is 0 Å². The lowest BCUT2D eigenvalue weighted by atomic mass is 10.1. The van der Waals surface area contributed by atoms with Crippen molar-refractivity contribution in [2.45, 2.75) is 19.0 Å². The van der Waals surface area contributed by atoms with E-state index in [4.69, 9.17) is 11.5 Å². The van der Waals surface area contributed by atoms with E-state index >= 15 is 0 Å². The molecule has 0 aliphatic heterocycles. The van der Waals surface area contributed by atoms with Gasteiger partial charge >= 0.3 is 12.1 Å². The number of carbonyl (C=O) groups is 1. The molecule has 102 valence electrons. The van der Waals surface area contributed by atoms with Crippen molar-refractivity contribution in [3.63, 3.8) is 0 Å². The molecule has 1 aromatic rings. The van der Waals surface area contributed by atoms with Crippen molar-refractivity contribution >= 4 is 11.7 Å². The summed E-state index contributed by atoms with van der Waals surface area (Å²) in [6.07, 6.45) is 1.57. The molecular formula is C13H12F3NO2. The largest absolute Gasteiger partial charge is 0.478 e. The van der Waals surface area contributed by atoms with E-state index in [2.05, 4.69) is 11.2 Å². The van der Waals surface area contributed by atoms with Crippen molar-refractivity contribution in [3.05, 3.63) is 29.3 Å². The summed E-state index contributed by atoms with van der Waals surface area (Å²) in [7, 11) is 0. The standard InChI is InChI=1S/C13H12F3NO2/c1-2-3-4-7-17-9-5-6-11(13(14,15)16)10(8-9)12(18)19/h1,5-6,8,17H,3-4,7H2,(H,18,19). The molecule has 1 rings (SSSR count). The SMILES string of the molecule is C#CCCCNc1ccc(C(F)(F)F)c(C(=O)O)c1. The second kappa shape index (κ2) is 6.14. The Hall–Kier alpha value is -2.16. The Kier molecular flexibility index (Phi) is 4.81. The summed E-state index contributed by atoms with van der Waals surface area (Å²) < 4.78 is 37.8. The van der Waals surface area contributed by atoms with Gasteiger partial charge in [0.25, 0.3) is 0 Å². The number of aromatic carboxylic acids is 1. The fourth-order valence-electron chi connectivity index (χ4n) is 1.50. The molecule has 0 unspecified atom stereocenters. The molecule has 2 N–H and O–H groups in total. The summed E-state index contributed by atoms with van der Waals surface area (Å²) in [6, 6.07) is 2.93. The second-order valence-electron chi connectivity index (χ2n) is 3.80. The van der Waals surface area contributed by atoms with Crippen molar-refractivity contribution in [2.75, 3.05) is 11.9 Å². The first-order valence-corrected chi connectivity index (χ1v) is 5.48. The average Bonchev–Trinajstić information content (AvgIpc) is 2.33. The summed E-state index contributed by atoms with van der Waals surface area (Å²) in [5.74, 6) is 0.818. The zero-order chi connectivity index (χ0) is 14.5. The summed E-state index contributed by atoms with van der Waals surface area (Å²) in [6.45, 7) is 0.467. The highest BCUT2D eigenvalue weighted by Crippen LogP contribution is 2.33. The van der Waals surface area contributed by atoms with Crippen LogP contribution in [0.25, 0.3) is 0 Å². The van der Waals surface area contributed by atoms with Crippen molar-refractivity contribution in [2.24, 2.45) is 0 Å². The Labute approximate surface area is 108 Å². The van der Waals surface area contributed by atoms with Crippen molar-refractivity contribution < 1.29 is 23.1 Å². The number of halogens is 3. The van der Waals surface area contributed by atoms with Gasteiger partial charge in [-0.1, -0.05) is 0 Å². The molecule has 0 bridgehead atoms. The Balaban J connectivity index is 2.91. The number of hydrogen-bond acceptors (Lipinski definition) is 2. The van der Waals surface area contributed by atoms with Crippen LogP contribution in [0.2, 0.25) is 0 Å². The lowest BCUT2D eigenvalue weighted by Crippen LogP contribution is -2.13. The number of carboxylic acid groups (broad SMARTS) is 1. The van der Waals surface area contributed by atoms with Crippen LogP contribution in [-0.2, 0) is 6.18 Å². The normalized spacial score (nSPS) is 10.8. The van der Waals surface area contributed by atoms with Crippen LogP contribution in [0.5, 0.6) is 0 Å². The first-order valence-electron chi connectivity index (χ1n) is 5.48. The van der Waals surface area contributed by atoms with Crippen LogP contribution in [-0.4, -0.2) is 17.6 Å². The molecule has 3 nitrogen and oxygen atoms in total. The molecule has 0 aliphatic rings. The van der Waals surface area contributed by atoms with Gasteiger partial charge in [-0.3, -0.25) is 0 Å². The van der Waals surface area contributed by atoms with Crippen LogP contribution in [0.1, 0.15) is 28.8 Å². The van der Waals surface area contributed by atoms with E-state index in [1.54, 1.807) is 0 Å². The molecule has 0 atom stereocenters. The maximum absolute atomic E-state index is 12.6. The number of benzene rings is 1. The Bertz CT molecular complexity index is 504. The summed E-state index contributed by atoms with van der Waals surface area (Å²) in [5, 5.41) is 11.6. The molecule has 0 aliphatic carbocycles. The molecule has 0 radical (unpaired) electrons. The number of nitrogens with one attached hydrogen (secondary N) is 1. The third-order valence-corrected chi connectivity index (χ3v) is 2.38. The van der Waals surface area contributed by atoms with Gasteiger partial charge in [-0.05, 0) is 24.6 Å². The van der Waals surface area contributed by atoms with Gasteiger partial charge in [0.15, 0.2) is 0 Å². The van der Waals surface area contributed by atoms with Crippen LogP contribution in [0.15, 0.2) is 18.2 Å². The number of carboxylic acids is 1. The fraction of sp³-hybridized carbons (Fsp3) is 0.308. The zero-order valence-corrected chi connectivity index (χ0v) is 9.92. The molecule has 0 fully saturated rings. The number of unbranched alkanes of at least 4 members (excludes halogenated alkanes) is 1. The van der Waals surface area contributed by atoms with Gasteiger partial charge in [0.2, 0.25) is 0 Å². The van der Waals surface area contributed by atoms with Crippen molar-refractivity contribution in [1.82, 2.24) is 0 Å². The molecule has 6 heteroatoms. The van der Waals surface area contributed by atoms with Gasteiger partial charge in [0, 0.05) is 18.7 Å². The topological polar surface area (TPSA) is 49.3 Å². The lowest BCUT2D eigenvalue weighted by Gasteiger charge is -2.12. The molecule has 0 heterocycles. The van der Waals surface area contributed by atoms with Gasteiger partial charge in [0.05, 0.1) is 11.1 Å². The van der Waals surface area contributed by atoms with Crippen LogP contribution >= 0.6 is 0 Å². The van der Waals surface area contributed by atoms with Crippen LogP contribution < -0.4 is 5.32 Å². The highest BCUT2D eigenvalue weighted by atomic mass is 19.4. The van der Waals surface area contributed by atoms with Crippen LogP contribution in [0.3, 0.4) is 0 Å². The Morgan fingerprint density at radius 3 is 2.63 bits per heavy atom. The number of alkyl halides is 3. The van der Waals surface area contributed by atoms with Gasteiger partial charge < -0.3 is 10.4 Å². The predicted molar refractivity (Wildman–Crippen MR) is 65.0 cm³/mol. The molecule has 0 saturated carbocycles. The summed E-state index contributed by atoms with van der Waals surface area (Å²) in [4.78, 5) is 10.8. The first kappa shape index (κ1) is 14.9. The Morgan fingerprint density at radius 2 is 2.11 bits per heavy atom. The van der Waals surface area contributed by atoms with E-state index in [1.165, 1.54) is 6.07 Å². The van der Waals surface area contributed by atoms with Crippen LogP contribution in [0.4, 0.5) is 18.9 Å². The van der Waals surface area contributed by atoms with E-state index in [-0.39, 0.29) is 0 Å². The minimum atomic E-state index is -4.68. The molecule has 0 aromatic heterocycles. The van der Waals surface area contributed by atoms with Crippen LogP contribution in [0, 0.1) is 12.3 Å². The summed E-state index contributed by atoms with van der Waals surface area (Å²) in [5.41, 5.74) is -1.61. The van der Waals surface area contributed by atoms with E-state index in [0.717, 1.165) is 12.1 Å². The molecular weight excluding hydrogens is 259 g/mol.